The Kier molecular flexibility index (Phi) is 3.42. The number of imidazole rings is 1. The highest BCUT2D eigenvalue weighted by Gasteiger charge is 2.10. The van der Waals surface area contributed by atoms with Crippen LogP contribution in [0.3, 0.4) is 0 Å². The van der Waals surface area contributed by atoms with Crippen LogP contribution in [0.2, 0.25) is 0 Å². The maximum atomic E-state index is 5.80. The number of fused-ring (bicyclic) bond motifs is 1. The van der Waals surface area contributed by atoms with Crippen molar-refractivity contribution in [3.8, 4) is 17.1 Å². The Morgan fingerprint density at radius 3 is 2.85 bits per heavy atom. The van der Waals surface area contributed by atoms with E-state index in [-0.39, 0.29) is 0 Å². The molecular weight excluding hydrogens is 248 g/mol. The van der Waals surface area contributed by atoms with Gasteiger partial charge in [0.05, 0.1) is 23.2 Å². The third kappa shape index (κ3) is 2.39. The fourth-order valence-corrected chi connectivity index (χ4v) is 2.25. The molecule has 0 spiro atoms. The lowest BCUT2D eigenvalue weighted by Crippen LogP contribution is -1.97. The summed E-state index contributed by atoms with van der Waals surface area (Å²) in [6.45, 7) is 4.90. The number of ether oxygens (including phenoxy) is 1. The van der Waals surface area contributed by atoms with E-state index in [4.69, 9.17) is 4.74 Å². The minimum Gasteiger partial charge on any atom is -0.493 e. The Hall–Kier alpha value is -2.29. The molecule has 0 radical (unpaired) electrons. The van der Waals surface area contributed by atoms with E-state index in [9.17, 15) is 0 Å². The first kappa shape index (κ1) is 12.7. The number of hydrogen-bond acceptors (Lipinski definition) is 2. The Morgan fingerprint density at radius 1 is 1.15 bits per heavy atom. The third-order valence-corrected chi connectivity index (χ3v) is 3.24. The van der Waals surface area contributed by atoms with Crippen LogP contribution in [0, 0.1) is 6.92 Å². The summed E-state index contributed by atoms with van der Waals surface area (Å²) < 4.78 is 5.80. The summed E-state index contributed by atoms with van der Waals surface area (Å²) in [5.74, 6) is 1.74. The van der Waals surface area contributed by atoms with E-state index in [2.05, 4.69) is 35.9 Å². The molecule has 0 aliphatic carbocycles. The van der Waals surface area contributed by atoms with Crippen molar-refractivity contribution in [2.24, 2.45) is 0 Å². The predicted molar refractivity (Wildman–Crippen MR) is 82.1 cm³/mol. The molecule has 0 fully saturated rings. The highest BCUT2D eigenvalue weighted by Crippen LogP contribution is 2.29. The topological polar surface area (TPSA) is 37.9 Å². The van der Waals surface area contributed by atoms with Crippen LogP contribution >= 0.6 is 0 Å². The molecule has 3 rings (SSSR count). The predicted octanol–water partition coefficient (Wildman–Crippen LogP) is 4.33. The Balaban J connectivity index is 2.06. The van der Waals surface area contributed by atoms with Gasteiger partial charge in [0.1, 0.15) is 11.6 Å². The molecule has 0 saturated carbocycles. The van der Waals surface area contributed by atoms with Crippen LogP contribution in [0.5, 0.6) is 5.75 Å². The zero-order chi connectivity index (χ0) is 13.9. The normalized spacial score (nSPS) is 10.9. The average Bonchev–Trinajstić information content (AvgIpc) is 2.88. The molecular formula is C17H18N2O. The number of hydrogen-bond donors (Lipinski definition) is 1. The van der Waals surface area contributed by atoms with Crippen molar-refractivity contribution < 1.29 is 4.74 Å². The van der Waals surface area contributed by atoms with Gasteiger partial charge in [-0.05, 0) is 43.2 Å². The van der Waals surface area contributed by atoms with Gasteiger partial charge in [-0.1, -0.05) is 25.1 Å². The van der Waals surface area contributed by atoms with Crippen molar-refractivity contribution in [1.82, 2.24) is 9.97 Å². The number of aromatic amines is 1. The summed E-state index contributed by atoms with van der Waals surface area (Å²) in [5, 5.41) is 0. The van der Waals surface area contributed by atoms with E-state index in [1.807, 2.05) is 30.3 Å². The van der Waals surface area contributed by atoms with E-state index in [1.165, 1.54) is 5.56 Å². The zero-order valence-corrected chi connectivity index (χ0v) is 11.8. The summed E-state index contributed by atoms with van der Waals surface area (Å²) in [6.07, 6.45) is 0.994. The monoisotopic (exact) mass is 266 g/mol. The largest absolute Gasteiger partial charge is 0.493 e. The maximum Gasteiger partial charge on any atom is 0.142 e. The Morgan fingerprint density at radius 2 is 2.00 bits per heavy atom. The average molecular weight is 266 g/mol. The second kappa shape index (κ2) is 5.37. The van der Waals surface area contributed by atoms with Crippen molar-refractivity contribution in [1.29, 1.82) is 0 Å². The smallest absolute Gasteiger partial charge is 0.142 e. The second-order valence-corrected chi connectivity index (χ2v) is 4.95. The molecule has 20 heavy (non-hydrogen) atoms. The molecule has 0 bridgehead atoms. The number of aryl methyl sites for hydroxylation is 1. The van der Waals surface area contributed by atoms with Gasteiger partial charge >= 0.3 is 0 Å². The number of nitrogens with zero attached hydrogens (tertiary/aromatic N) is 1. The minimum atomic E-state index is 0.719. The van der Waals surface area contributed by atoms with Crippen molar-refractivity contribution >= 4 is 11.0 Å². The van der Waals surface area contributed by atoms with Crippen LogP contribution in [0.25, 0.3) is 22.4 Å². The van der Waals surface area contributed by atoms with Gasteiger partial charge in [0.25, 0.3) is 0 Å². The first-order valence-electron chi connectivity index (χ1n) is 6.96. The highest BCUT2D eigenvalue weighted by atomic mass is 16.5. The molecule has 0 amide bonds. The molecule has 102 valence electrons. The van der Waals surface area contributed by atoms with Crippen LogP contribution in [0.4, 0.5) is 0 Å². The fraction of sp³-hybridized carbons (Fsp3) is 0.235. The molecule has 1 heterocycles. The summed E-state index contributed by atoms with van der Waals surface area (Å²) >= 11 is 0. The van der Waals surface area contributed by atoms with E-state index in [0.717, 1.165) is 41.2 Å². The van der Waals surface area contributed by atoms with Crippen molar-refractivity contribution in [2.75, 3.05) is 6.61 Å². The lowest BCUT2D eigenvalue weighted by Gasteiger charge is -2.08. The van der Waals surface area contributed by atoms with E-state index >= 15 is 0 Å². The van der Waals surface area contributed by atoms with Gasteiger partial charge in [0.15, 0.2) is 0 Å². The van der Waals surface area contributed by atoms with Crippen molar-refractivity contribution in [3.63, 3.8) is 0 Å². The number of para-hydroxylation sites is 1. The summed E-state index contributed by atoms with van der Waals surface area (Å²) in [7, 11) is 0. The van der Waals surface area contributed by atoms with E-state index < -0.39 is 0 Å². The quantitative estimate of drug-likeness (QED) is 0.763. The lowest BCUT2D eigenvalue weighted by atomic mass is 10.2. The molecule has 0 unspecified atom stereocenters. The standard InChI is InChI=1S/C17H18N2O/c1-3-10-20-16-7-5-4-6-13(16)17-18-14-9-8-12(2)11-15(14)19-17/h4-9,11H,3,10H2,1-2H3,(H,18,19). The number of benzene rings is 2. The van der Waals surface area contributed by atoms with Gasteiger partial charge in [0, 0.05) is 0 Å². The molecule has 0 aliphatic rings. The van der Waals surface area contributed by atoms with Crippen molar-refractivity contribution in [3.05, 3.63) is 48.0 Å². The van der Waals surface area contributed by atoms with Gasteiger partial charge in [-0.3, -0.25) is 0 Å². The summed E-state index contributed by atoms with van der Waals surface area (Å²) in [6, 6.07) is 14.3. The molecule has 0 atom stereocenters. The van der Waals surface area contributed by atoms with Crippen LogP contribution in [-0.2, 0) is 0 Å². The summed E-state index contributed by atoms with van der Waals surface area (Å²) in [5.41, 5.74) is 4.28. The molecule has 3 heteroatoms. The molecule has 2 aromatic carbocycles. The second-order valence-electron chi connectivity index (χ2n) is 4.95. The van der Waals surface area contributed by atoms with E-state index in [0.29, 0.717) is 0 Å². The van der Waals surface area contributed by atoms with Crippen LogP contribution < -0.4 is 4.74 Å². The van der Waals surface area contributed by atoms with Gasteiger partial charge in [-0.15, -0.1) is 0 Å². The van der Waals surface area contributed by atoms with Crippen LogP contribution in [0.15, 0.2) is 42.5 Å². The van der Waals surface area contributed by atoms with Gasteiger partial charge in [-0.25, -0.2) is 4.98 Å². The SMILES string of the molecule is CCCOc1ccccc1-c1nc2ccc(C)cc2[nH]1. The molecule has 1 aromatic heterocycles. The van der Waals surface area contributed by atoms with Crippen molar-refractivity contribution in [2.45, 2.75) is 20.3 Å². The molecule has 3 nitrogen and oxygen atoms in total. The van der Waals surface area contributed by atoms with Gasteiger partial charge in [0.2, 0.25) is 0 Å². The summed E-state index contributed by atoms with van der Waals surface area (Å²) in [4.78, 5) is 8.04. The molecule has 0 aliphatic heterocycles. The first-order chi connectivity index (χ1) is 9.78. The fourth-order valence-electron chi connectivity index (χ4n) is 2.25. The zero-order valence-electron chi connectivity index (χ0n) is 11.8. The number of rotatable bonds is 4. The van der Waals surface area contributed by atoms with Gasteiger partial charge in [-0.2, -0.15) is 0 Å². The third-order valence-electron chi connectivity index (χ3n) is 3.24. The van der Waals surface area contributed by atoms with Crippen LogP contribution in [0.1, 0.15) is 18.9 Å². The molecule has 1 N–H and O–H groups in total. The van der Waals surface area contributed by atoms with Crippen LogP contribution in [-0.4, -0.2) is 16.6 Å². The minimum absolute atomic E-state index is 0.719. The number of nitrogens with one attached hydrogen (secondary N) is 1. The number of H-pyrrole nitrogens is 1. The first-order valence-corrected chi connectivity index (χ1v) is 6.96. The van der Waals surface area contributed by atoms with E-state index in [1.54, 1.807) is 0 Å². The molecule has 3 aromatic rings. The molecule has 0 saturated heterocycles. The lowest BCUT2D eigenvalue weighted by molar-refractivity contribution is 0.318. The Bertz CT molecular complexity index is 731. The Labute approximate surface area is 118 Å². The number of aromatic nitrogens is 2. The maximum absolute atomic E-state index is 5.80. The van der Waals surface area contributed by atoms with Gasteiger partial charge < -0.3 is 9.72 Å². The highest BCUT2D eigenvalue weighted by molar-refractivity contribution is 5.81.